The molecule has 0 N–H and O–H groups in total. The first-order valence-electron chi connectivity index (χ1n) is 8.36. The third-order valence-corrected chi connectivity index (χ3v) is 4.65. The molecular weight excluding hydrogens is 288 g/mol. The van der Waals surface area contributed by atoms with Gasteiger partial charge >= 0.3 is 0 Å². The highest BCUT2D eigenvalue weighted by Gasteiger charge is 2.21. The van der Waals surface area contributed by atoms with Crippen molar-refractivity contribution in [3.8, 4) is 11.3 Å². The van der Waals surface area contributed by atoms with Crippen LogP contribution in [0.3, 0.4) is 0 Å². The first-order chi connectivity index (χ1) is 11.1. The fraction of sp³-hybridized carbons (Fsp3) is 0.500. The predicted octanol–water partition coefficient (Wildman–Crippen LogP) is 2.43. The Morgan fingerprint density at radius 1 is 1.13 bits per heavy atom. The van der Waals surface area contributed by atoms with Crippen molar-refractivity contribution >= 4 is 0 Å². The Morgan fingerprint density at radius 2 is 1.83 bits per heavy atom. The maximum absolute atomic E-state index is 12.1. The Morgan fingerprint density at radius 3 is 2.48 bits per heavy atom. The van der Waals surface area contributed by atoms with Gasteiger partial charge in [0.2, 0.25) is 0 Å². The predicted molar refractivity (Wildman–Crippen MR) is 91.2 cm³/mol. The Hall–Kier alpha value is -2.01. The van der Waals surface area contributed by atoms with E-state index < -0.39 is 0 Å². The maximum atomic E-state index is 12.1. The van der Waals surface area contributed by atoms with Crippen LogP contribution >= 0.6 is 0 Å². The normalized spacial score (nSPS) is 16.8. The third kappa shape index (κ3) is 3.85. The van der Waals surface area contributed by atoms with Crippen molar-refractivity contribution < 1.29 is 0 Å². The average molecular weight is 312 g/mol. The van der Waals surface area contributed by atoms with Gasteiger partial charge in [0.25, 0.3) is 5.56 Å². The van der Waals surface area contributed by atoms with Crippen molar-refractivity contribution in [2.75, 3.05) is 13.1 Å². The highest BCUT2D eigenvalue weighted by Crippen LogP contribution is 2.20. The smallest absolute Gasteiger partial charge is 0.266 e. The van der Waals surface area contributed by atoms with Crippen LogP contribution in [-0.4, -0.2) is 38.8 Å². The highest BCUT2D eigenvalue weighted by molar-refractivity contribution is 5.56. The Balaban J connectivity index is 1.72. The molecule has 0 saturated carbocycles. The van der Waals surface area contributed by atoms with Gasteiger partial charge in [-0.25, -0.2) is 4.68 Å². The number of rotatable bonds is 4. The van der Waals surface area contributed by atoms with Crippen LogP contribution in [-0.2, 0) is 6.54 Å². The second kappa shape index (κ2) is 7.04. The van der Waals surface area contributed by atoms with E-state index in [1.807, 2.05) is 12.1 Å². The van der Waals surface area contributed by atoms with E-state index in [0.29, 0.717) is 18.5 Å². The molecule has 0 bridgehead atoms. The van der Waals surface area contributed by atoms with Gasteiger partial charge in [0, 0.05) is 36.6 Å². The number of hydrogen-bond donors (Lipinski definition) is 0. The lowest BCUT2D eigenvalue weighted by molar-refractivity contribution is 0.139. The fourth-order valence-electron chi connectivity index (χ4n) is 3.15. The zero-order valence-corrected chi connectivity index (χ0v) is 13.9. The minimum absolute atomic E-state index is 0.0194. The fourth-order valence-corrected chi connectivity index (χ4v) is 3.15. The van der Waals surface area contributed by atoms with Crippen molar-refractivity contribution in [1.82, 2.24) is 19.7 Å². The molecule has 3 heterocycles. The summed E-state index contributed by atoms with van der Waals surface area (Å²) in [6.07, 6.45) is 5.75. The van der Waals surface area contributed by atoms with Gasteiger partial charge in [-0.15, -0.1) is 0 Å². The largest absolute Gasteiger partial charge is 0.301 e. The number of aromatic nitrogens is 3. The number of nitrogens with zero attached hydrogens (tertiary/aromatic N) is 4. The molecule has 0 unspecified atom stereocenters. The lowest BCUT2D eigenvalue weighted by atomic mass is 9.96. The standard InChI is InChI=1S/C18H24N4O/c1-14(2)21-11-7-15(8-12-21)13-22-18(23)4-3-17(20-22)16-5-9-19-10-6-16/h3-6,9-10,14-15H,7-8,11-13H2,1-2H3. The van der Waals surface area contributed by atoms with Crippen LogP contribution in [0.2, 0.25) is 0 Å². The second-order valence-electron chi connectivity index (χ2n) is 6.55. The third-order valence-electron chi connectivity index (χ3n) is 4.65. The molecule has 1 saturated heterocycles. The SMILES string of the molecule is CC(C)N1CCC(Cn2nc(-c3ccncc3)ccc2=O)CC1. The quantitative estimate of drug-likeness (QED) is 0.870. The Bertz CT molecular complexity index is 688. The minimum atomic E-state index is -0.0194. The molecule has 0 aromatic carbocycles. The molecule has 1 aliphatic rings. The summed E-state index contributed by atoms with van der Waals surface area (Å²) < 4.78 is 1.63. The van der Waals surface area contributed by atoms with Crippen molar-refractivity contribution in [2.45, 2.75) is 39.3 Å². The van der Waals surface area contributed by atoms with Gasteiger partial charge in [0.15, 0.2) is 0 Å². The number of hydrogen-bond acceptors (Lipinski definition) is 4. The molecule has 0 aliphatic carbocycles. The number of piperidine rings is 1. The molecule has 5 heteroatoms. The first kappa shape index (κ1) is 15.9. The van der Waals surface area contributed by atoms with Crippen LogP contribution in [0, 0.1) is 5.92 Å². The van der Waals surface area contributed by atoms with E-state index in [1.165, 1.54) is 0 Å². The summed E-state index contributed by atoms with van der Waals surface area (Å²) in [6, 6.07) is 7.84. The van der Waals surface area contributed by atoms with Crippen LogP contribution in [0.4, 0.5) is 0 Å². The molecule has 0 atom stereocenters. The van der Waals surface area contributed by atoms with Gasteiger partial charge < -0.3 is 4.90 Å². The van der Waals surface area contributed by atoms with Gasteiger partial charge in [-0.1, -0.05) is 0 Å². The molecule has 0 spiro atoms. The van der Waals surface area contributed by atoms with E-state index in [9.17, 15) is 4.79 Å². The van der Waals surface area contributed by atoms with Crippen LogP contribution in [0.15, 0.2) is 41.5 Å². The summed E-state index contributed by atoms with van der Waals surface area (Å²) in [4.78, 5) is 18.7. The molecule has 3 rings (SSSR count). The van der Waals surface area contributed by atoms with Crippen LogP contribution in [0.1, 0.15) is 26.7 Å². The van der Waals surface area contributed by atoms with E-state index in [0.717, 1.165) is 37.2 Å². The monoisotopic (exact) mass is 312 g/mol. The molecule has 0 amide bonds. The summed E-state index contributed by atoms with van der Waals surface area (Å²) in [6.45, 7) is 7.42. The van der Waals surface area contributed by atoms with E-state index in [1.54, 1.807) is 29.2 Å². The van der Waals surface area contributed by atoms with Gasteiger partial charge in [-0.2, -0.15) is 5.10 Å². The lowest BCUT2D eigenvalue weighted by Gasteiger charge is -2.34. The summed E-state index contributed by atoms with van der Waals surface area (Å²) in [7, 11) is 0. The van der Waals surface area contributed by atoms with Gasteiger partial charge in [0.05, 0.1) is 5.69 Å². The van der Waals surface area contributed by atoms with Crippen molar-refractivity contribution in [2.24, 2.45) is 5.92 Å². The summed E-state index contributed by atoms with van der Waals surface area (Å²) in [5.74, 6) is 0.530. The van der Waals surface area contributed by atoms with Crippen LogP contribution in [0.25, 0.3) is 11.3 Å². The highest BCUT2D eigenvalue weighted by atomic mass is 16.1. The molecule has 2 aromatic heterocycles. The van der Waals surface area contributed by atoms with E-state index in [4.69, 9.17) is 0 Å². The van der Waals surface area contributed by atoms with Crippen molar-refractivity contribution in [3.63, 3.8) is 0 Å². The van der Waals surface area contributed by atoms with Crippen molar-refractivity contribution in [1.29, 1.82) is 0 Å². The zero-order chi connectivity index (χ0) is 16.2. The molecule has 1 fully saturated rings. The Labute approximate surface area is 137 Å². The molecule has 1 aliphatic heterocycles. The molecule has 5 nitrogen and oxygen atoms in total. The van der Waals surface area contributed by atoms with Gasteiger partial charge in [-0.05, 0) is 63.9 Å². The number of likely N-dealkylation sites (tertiary alicyclic amines) is 1. The average Bonchev–Trinajstić information content (AvgIpc) is 2.58. The summed E-state index contributed by atoms with van der Waals surface area (Å²) in [5.41, 5.74) is 1.80. The molecule has 23 heavy (non-hydrogen) atoms. The molecule has 2 aromatic rings. The molecule has 122 valence electrons. The number of pyridine rings is 1. The zero-order valence-electron chi connectivity index (χ0n) is 13.9. The first-order valence-corrected chi connectivity index (χ1v) is 8.36. The summed E-state index contributed by atoms with van der Waals surface area (Å²) in [5, 5.41) is 4.55. The minimum Gasteiger partial charge on any atom is -0.301 e. The van der Waals surface area contributed by atoms with Gasteiger partial charge in [0.1, 0.15) is 0 Å². The molecule has 0 radical (unpaired) electrons. The second-order valence-corrected chi connectivity index (χ2v) is 6.55. The van der Waals surface area contributed by atoms with Crippen molar-refractivity contribution in [3.05, 3.63) is 47.0 Å². The van der Waals surface area contributed by atoms with E-state index in [-0.39, 0.29) is 5.56 Å². The molecular formula is C18H24N4O. The summed E-state index contributed by atoms with van der Waals surface area (Å²) >= 11 is 0. The van der Waals surface area contributed by atoms with Crippen LogP contribution < -0.4 is 5.56 Å². The van der Waals surface area contributed by atoms with Gasteiger partial charge in [-0.3, -0.25) is 9.78 Å². The lowest BCUT2D eigenvalue weighted by Crippen LogP contribution is -2.40. The van der Waals surface area contributed by atoms with E-state index >= 15 is 0 Å². The maximum Gasteiger partial charge on any atom is 0.266 e. The van der Waals surface area contributed by atoms with E-state index in [2.05, 4.69) is 28.8 Å². The topological polar surface area (TPSA) is 51.0 Å². The van der Waals surface area contributed by atoms with Crippen LogP contribution in [0.5, 0.6) is 0 Å². The Kier molecular flexibility index (Phi) is 4.86.